The Morgan fingerprint density at radius 1 is 0.837 bits per heavy atom. The summed E-state index contributed by atoms with van der Waals surface area (Å²) in [4.78, 5) is 78.4. The van der Waals surface area contributed by atoms with Crippen molar-refractivity contribution in [1.82, 2.24) is 0 Å². The zero-order chi connectivity index (χ0) is 31.6. The van der Waals surface area contributed by atoms with Crippen LogP contribution in [0, 0.1) is 0 Å². The summed E-state index contributed by atoms with van der Waals surface area (Å²) in [6.45, 7) is 5.10. The summed E-state index contributed by atoms with van der Waals surface area (Å²) in [5, 5.41) is 21.9. The average molecular weight is 601 g/mol. The van der Waals surface area contributed by atoms with Crippen LogP contribution in [0.25, 0.3) is 0 Å². The number of fused-ring (bicyclic) bond motifs is 3. The van der Waals surface area contributed by atoms with E-state index in [2.05, 4.69) is 0 Å². The second kappa shape index (κ2) is 12.1. The Hall–Kier alpha value is -4.98. The van der Waals surface area contributed by atoms with Gasteiger partial charge in [-0.3, -0.25) is 14.4 Å². The largest absolute Gasteiger partial charge is 0.513 e. The SMILES string of the molecule is CCOC(=O)Oc1c2c(c(OC(=O)OCC)c3c1C(=O)c1cccc(O)c1C3=O)C(OC(=O)OCC)CC(O)(C(C)=O)C2. The van der Waals surface area contributed by atoms with Crippen molar-refractivity contribution in [3.05, 3.63) is 51.6 Å². The van der Waals surface area contributed by atoms with Gasteiger partial charge in [0.25, 0.3) is 0 Å². The third-order valence-electron chi connectivity index (χ3n) is 6.88. The minimum absolute atomic E-state index is 0.119. The average Bonchev–Trinajstić information content (AvgIpc) is 2.92. The maximum atomic E-state index is 14.0. The molecule has 0 radical (unpaired) electrons. The number of aromatic hydroxyl groups is 1. The number of carbonyl (C=O) groups excluding carboxylic acids is 6. The molecule has 2 unspecified atom stereocenters. The predicted octanol–water partition coefficient (Wildman–Crippen LogP) is 3.72. The third-order valence-corrected chi connectivity index (χ3v) is 6.88. The van der Waals surface area contributed by atoms with Gasteiger partial charge in [0.15, 0.2) is 17.3 Å². The highest BCUT2D eigenvalue weighted by atomic mass is 16.7. The van der Waals surface area contributed by atoms with E-state index in [4.69, 9.17) is 28.4 Å². The van der Waals surface area contributed by atoms with Gasteiger partial charge >= 0.3 is 18.5 Å². The second-order valence-corrected chi connectivity index (χ2v) is 9.49. The molecule has 2 atom stereocenters. The fourth-order valence-corrected chi connectivity index (χ4v) is 5.04. The van der Waals surface area contributed by atoms with Gasteiger partial charge in [-0.15, -0.1) is 0 Å². The van der Waals surface area contributed by atoms with Crippen LogP contribution < -0.4 is 9.47 Å². The van der Waals surface area contributed by atoms with E-state index in [-0.39, 0.29) is 36.5 Å². The standard InChI is InChI=1S/C29H28O14/c1-5-38-26(34)41-17-12-29(37,13(4)30)11-15-19(17)25(43-28(36)40-7-3)21-20(24(15)42-27(35)39-6-2)22(32)14-9-8-10-16(31)18(14)23(21)33/h8-10,17,31,37H,5-7,11-12H2,1-4H3. The highest BCUT2D eigenvalue weighted by molar-refractivity contribution is 6.31. The van der Waals surface area contributed by atoms with Crippen molar-refractivity contribution in [2.75, 3.05) is 19.8 Å². The molecule has 228 valence electrons. The molecule has 0 bridgehead atoms. The Labute approximate surface area is 244 Å². The minimum Gasteiger partial charge on any atom is -0.507 e. The second-order valence-electron chi connectivity index (χ2n) is 9.49. The molecular weight excluding hydrogens is 572 g/mol. The topological polar surface area (TPSA) is 198 Å². The lowest BCUT2D eigenvalue weighted by atomic mass is 9.72. The molecule has 2 aliphatic carbocycles. The molecule has 0 amide bonds. The number of benzene rings is 2. The fraction of sp³-hybridized carbons (Fsp3) is 0.379. The van der Waals surface area contributed by atoms with Crippen LogP contribution in [0.4, 0.5) is 14.4 Å². The number of hydrogen-bond donors (Lipinski definition) is 2. The number of ether oxygens (including phenoxy) is 6. The molecule has 0 saturated heterocycles. The van der Waals surface area contributed by atoms with E-state index in [1.54, 1.807) is 0 Å². The van der Waals surface area contributed by atoms with E-state index < -0.39 is 94.3 Å². The molecular formula is C29H28O14. The Morgan fingerprint density at radius 3 is 1.98 bits per heavy atom. The smallest absolute Gasteiger partial charge is 0.507 e. The summed E-state index contributed by atoms with van der Waals surface area (Å²) in [5.41, 5.74) is -4.73. The number of aliphatic hydroxyl groups is 1. The number of Topliss-reactive ketones (excluding diaryl/α,β-unsaturated/α-hetero) is 1. The summed E-state index contributed by atoms with van der Waals surface area (Å²) in [7, 11) is 0. The van der Waals surface area contributed by atoms with Gasteiger partial charge in [0.05, 0.1) is 36.5 Å². The van der Waals surface area contributed by atoms with Gasteiger partial charge in [0.1, 0.15) is 23.2 Å². The molecule has 43 heavy (non-hydrogen) atoms. The van der Waals surface area contributed by atoms with Gasteiger partial charge < -0.3 is 38.6 Å². The first kappa shape index (κ1) is 31.0. The van der Waals surface area contributed by atoms with Crippen molar-refractivity contribution >= 4 is 35.8 Å². The van der Waals surface area contributed by atoms with E-state index in [9.17, 15) is 39.0 Å². The molecule has 2 aliphatic rings. The predicted molar refractivity (Wildman–Crippen MR) is 142 cm³/mol. The lowest BCUT2D eigenvalue weighted by Crippen LogP contribution is -2.45. The zero-order valence-electron chi connectivity index (χ0n) is 23.6. The first-order valence-corrected chi connectivity index (χ1v) is 13.3. The monoisotopic (exact) mass is 600 g/mol. The van der Waals surface area contributed by atoms with Gasteiger partial charge in [-0.25, -0.2) is 14.4 Å². The maximum Gasteiger partial charge on any atom is 0.513 e. The Kier molecular flexibility index (Phi) is 8.71. The molecule has 0 aromatic heterocycles. The fourth-order valence-electron chi connectivity index (χ4n) is 5.04. The highest BCUT2D eigenvalue weighted by Gasteiger charge is 2.50. The summed E-state index contributed by atoms with van der Waals surface area (Å²) in [6, 6.07) is 3.72. The van der Waals surface area contributed by atoms with Gasteiger partial charge in [-0.05, 0) is 33.8 Å². The van der Waals surface area contributed by atoms with Gasteiger partial charge in [0.2, 0.25) is 5.78 Å². The molecule has 2 N–H and O–H groups in total. The van der Waals surface area contributed by atoms with Crippen molar-refractivity contribution in [2.24, 2.45) is 0 Å². The number of carbonyl (C=O) groups is 6. The zero-order valence-corrected chi connectivity index (χ0v) is 23.6. The van der Waals surface area contributed by atoms with Crippen molar-refractivity contribution in [3.63, 3.8) is 0 Å². The van der Waals surface area contributed by atoms with E-state index in [0.717, 1.165) is 13.0 Å². The summed E-state index contributed by atoms with van der Waals surface area (Å²) < 4.78 is 31.0. The van der Waals surface area contributed by atoms with Crippen LogP contribution >= 0.6 is 0 Å². The molecule has 14 nitrogen and oxygen atoms in total. The first-order chi connectivity index (χ1) is 20.4. The van der Waals surface area contributed by atoms with Crippen LogP contribution in [0.5, 0.6) is 17.2 Å². The van der Waals surface area contributed by atoms with Gasteiger partial charge in [0, 0.05) is 29.5 Å². The van der Waals surface area contributed by atoms with Gasteiger partial charge in [-0.2, -0.15) is 0 Å². The molecule has 0 fully saturated rings. The van der Waals surface area contributed by atoms with Crippen LogP contribution in [0.15, 0.2) is 18.2 Å². The molecule has 2 aromatic rings. The van der Waals surface area contributed by atoms with Crippen molar-refractivity contribution in [1.29, 1.82) is 0 Å². The lowest BCUT2D eigenvalue weighted by molar-refractivity contribution is -0.140. The highest BCUT2D eigenvalue weighted by Crippen LogP contribution is 2.53. The molecule has 0 saturated carbocycles. The van der Waals surface area contributed by atoms with Gasteiger partial charge in [-0.1, -0.05) is 12.1 Å². The van der Waals surface area contributed by atoms with E-state index in [0.29, 0.717) is 0 Å². The van der Waals surface area contributed by atoms with E-state index >= 15 is 0 Å². The maximum absolute atomic E-state index is 14.0. The number of phenols is 1. The van der Waals surface area contributed by atoms with Crippen molar-refractivity contribution in [2.45, 2.75) is 52.2 Å². The Morgan fingerprint density at radius 2 is 1.40 bits per heavy atom. The molecule has 14 heteroatoms. The van der Waals surface area contributed by atoms with Crippen LogP contribution in [0.2, 0.25) is 0 Å². The Balaban J connectivity index is 2.15. The third kappa shape index (κ3) is 5.60. The number of ketones is 3. The minimum atomic E-state index is -2.25. The Bertz CT molecular complexity index is 1540. The normalized spacial score (nSPS) is 18.4. The molecule has 0 heterocycles. The van der Waals surface area contributed by atoms with Crippen molar-refractivity contribution < 1.29 is 67.4 Å². The lowest BCUT2D eigenvalue weighted by Gasteiger charge is -2.38. The van der Waals surface area contributed by atoms with Crippen LogP contribution in [0.3, 0.4) is 0 Å². The molecule has 0 aliphatic heterocycles. The quantitative estimate of drug-likeness (QED) is 0.226. The summed E-state index contributed by atoms with van der Waals surface area (Å²) >= 11 is 0. The van der Waals surface area contributed by atoms with Crippen LogP contribution in [-0.2, 0) is 30.2 Å². The summed E-state index contributed by atoms with van der Waals surface area (Å²) in [5.74, 6) is -4.53. The number of phenolic OH excluding ortho intramolecular Hbond substituents is 1. The van der Waals surface area contributed by atoms with Crippen LogP contribution in [-0.4, -0.2) is 71.5 Å². The molecule has 4 rings (SSSR count). The summed E-state index contributed by atoms with van der Waals surface area (Å²) in [6.07, 6.45) is -6.76. The number of hydrogen-bond acceptors (Lipinski definition) is 14. The molecule has 2 aromatic carbocycles. The first-order valence-electron chi connectivity index (χ1n) is 13.3. The van der Waals surface area contributed by atoms with E-state index in [1.807, 2.05) is 0 Å². The number of rotatable bonds is 7. The van der Waals surface area contributed by atoms with E-state index in [1.165, 1.54) is 32.9 Å². The van der Waals surface area contributed by atoms with Crippen LogP contribution in [0.1, 0.15) is 83.2 Å². The molecule has 0 spiro atoms. The van der Waals surface area contributed by atoms with Crippen molar-refractivity contribution in [3.8, 4) is 17.2 Å².